The van der Waals surface area contributed by atoms with E-state index in [4.69, 9.17) is 14.2 Å². The van der Waals surface area contributed by atoms with Gasteiger partial charge < -0.3 is 24.2 Å². The summed E-state index contributed by atoms with van der Waals surface area (Å²) in [7, 11) is 1.53. The molecule has 0 radical (unpaired) electrons. The molecule has 0 bridgehead atoms. The van der Waals surface area contributed by atoms with Crippen molar-refractivity contribution in [2.45, 2.75) is 63.5 Å². The molecule has 38 heavy (non-hydrogen) atoms. The van der Waals surface area contributed by atoms with E-state index in [1.807, 2.05) is 36.4 Å². The first kappa shape index (κ1) is 25.7. The van der Waals surface area contributed by atoms with Crippen LogP contribution in [0.1, 0.15) is 54.3 Å². The number of ether oxygens (including phenoxy) is 3. The Morgan fingerprint density at radius 1 is 1.05 bits per heavy atom. The van der Waals surface area contributed by atoms with E-state index in [-0.39, 0.29) is 31.6 Å². The van der Waals surface area contributed by atoms with Crippen LogP contribution < -0.4 is 9.47 Å². The highest BCUT2D eigenvalue weighted by molar-refractivity contribution is 5.88. The van der Waals surface area contributed by atoms with Crippen molar-refractivity contribution in [1.82, 2.24) is 14.9 Å². The molecule has 1 saturated carbocycles. The average molecular weight is 518 g/mol. The molecule has 5 rings (SSSR count). The number of methoxy groups -OCH3 is 1. The normalized spacial score (nSPS) is 18.0. The number of benzene rings is 2. The third kappa shape index (κ3) is 5.47. The number of carboxylic acids is 1. The Morgan fingerprint density at radius 3 is 2.47 bits per heavy atom. The topological polar surface area (TPSA) is 111 Å². The predicted molar refractivity (Wildman–Crippen MR) is 138 cm³/mol. The lowest BCUT2D eigenvalue weighted by molar-refractivity contribution is -0.160. The zero-order valence-electron chi connectivity index (χ0n) is 21.3. The molecular formula is C29H31N3O6. The van der Waals surface area contributed by atoms with Gasteiger partial charge in [0.05, 0.1) is 13.2 Å². The molecule has 0 spiro atoms. The van der Waals surface area contributed by atoms with Gasteiger partial charge in [-0.15, -0.1) is 0 Å². The molecule has 2 aromatic carbocycles. The van der Waals surface area contributed by atoms with Crippen molar-refractivity contribution in [3.05, 3.63) is 83.4 Å². The van der Waals surface area contributed by atoms with Crippen molar-refractivity contribution >= 4 is 11.9 Å². The molecule has 9 heteroatoms. The summed E-state index contributed by atoms with van der Waals surface area (Å²) in [5, 5.41) is 10.2. The number of fused-ring (bicyclic) bond motifs is 1. The fourth-order valence-corrected chi connectivity index (χ4v) is 5.20. The van der Waals surface area contributed by atoms with Gasteiger partial charge in [0.2, 0.25) is 0 Å². The number of hydrogen-bond acceptors (Lipinski definition) is 7. The van der Waals surface area contributed by atoms with Crippen molar-refractivity contribution in [2.75, 3.05) is 7.11 Å². The maximum atomic E-state index is 14.0. The minimum Gasteiger partial charge on any atom is -0.493 e. The van der Waals surface area contributed by atoms with E-state index in [9.17, 15) is 14.7 Å². The molecule has 0 saturated heterocycles. The summed E-state index contributed by atoms with van der Waals surface area (Å²) in [4.78, 5) is 36.3. The van der Waals surface area contributed by atoms with Crippen LogP contribution in [0.25, 0.3) is 0 Å². The number of aliphatic carboxylic acids is 1. The van der Waals surface area contributed by atoms with E-state index in [1.165, 1.54) is 12.0 Å². The van der Waals surface area contributed by atoms with Gasteiger partial charge in [0, 0.05) is 30.9 Å². The number of carboxylic acid groups (broad SMARTS) is 1. The van der Waals surface area contributed by atoms with Gasteiger partial charge in [0.25, 0.3) is 5.91 Å². The van der Waals surface area contributed by atoms with Gasteiger partial charge >= 0.3 is 5.97 Å². The molecule has 1 amide bonds. The maximum absolute atomic E-state index is 14.0. The van der Waals surface area contributed by atoms with Crippen LogP contribution in [0.3, 0.4) is 0 Å². The zero-order valence-corrected chi connectivity index (χ0v) is 21.3. The summed E-state index contributed by atoms with van der Waals surface area (Å²) in [6.07, 6.45) is 6.36. The minimum atomic E-state index is -1.09. The van der Waals surface area contributed by atoms with Crippen LogP contribution in [0, 0.1) is 0 Å². The molecule has 1 fully saturated rings. The Labute approximate surface area is 221 Å². The average Bonchev–Trinajstić information content (AvgIpc) is 3.48. The Kier molecular flexibility index (Phi) is 7.83. The number of hydrogen-bond donors (Lipinski definition) is 1. The zero-order chi connectivity index (χ0) is 26.5. The number of rotatable bonds is 9. The van der Waals surface area contributed by atoms with Gasteiger partial charge in [-0.2, -0.15) is 0 Å². The Balaban J connectivity index is 1.46. The highest BCUT2D eigenvalue weighted by Gasteiger charge is 2.41. The lowest BCUT2D eigenvalue weighted by atomic mass is 9.91. The van der Waals surface area contributed by atoms with Gasteiger partial charge in [0.15, 0.2) is 23.4 Å². The SMILES string of the molecule is COc1ccc2c(c1OCc1ncccn1)C[C@@H](C(=O)O)N(C(=O)[C@@H](OC1CCCC1)c1ccccc1)C2. The highest BCUT2D eigenvalue weighted by Crippen LogP contribution is 2.40. The molecular weight excluding hydrogens is 486 g/mol. The molecule has 1 aliphatic heterocycles. The van der Waals surface area contributed by atoms with Crippen LogP contribution in [-0.4, -0.2) is 51.1 Å². The lowest BCUT2D eigenvalue weighted by Crippen LogP contribution is -2.50. The maximum Gasteiger partial charge on any atom is 0.326 e. The van der Waals surface area contributed by atoms with E-state index < -0.39 is 18.1 Å². The van der Waals surface area contributed by atoms with E-state index in [2.05, 4.69) is 9.97 Å². The molecule has 9 nitrogen and oxygen atoms in total. The second-order valence-electron chi connectivity index (χ2n) is 9.55. The van der Waals surface area contributed by atoms with Crippen LogP contribution in [-0.2, 0) is 33.9 Å². The largest absolute Gasteiger partial charge is 0.493 e. The smallest absolute Gasteiger partial charge is 0.326 e. The summed E-state index contributed by atoms with van der Waals surface area (Å²) < 4.78 is 17.9. The third-order valence-corrected chi connectivity index (χ3v) is 7.15. The van der Waals surface area contributed by atoms with Gasteiger partial charge in [-0.1, -0.05) is 49.2 Å². The summed E-state index contributed by atoms with van der Waals surface area (Å²) in [5.41, 5.74) is 2.22. The molecule has 3 aromatic rings. The van der Waals surface area contributed by atoms with Crippen molar-refractivity contribution in [3.8, 4) is 11.5 Å². The van der Waals surface area contributed by atoms with Crippen LogP contribution in [0.2, 0.25) is 0 Å². The molecule has 1 N–H and O–H groups in total. The predicted octanol–water partition coefficient (Wildman–Crippen LogP) is 4.10. The first-order valence-electron chi connectivity index (χ1n) is 12.9. The van der Waals surface area contributed by atoms with Crippen molar-refractivity contribution in [1.29, 1.82) is 0 Å². The summed E-state index contributed by atoms with van der Waals surface area (Å²) in [6, 6.07) is 13.6. The fourth-order valence-electron chi connectivity index (χ4n) is 5.20. The quantitative estimate of drug-likeness (QED) is 0.452. The van der Waals surface area contributed by atoms with Crippen LogP contribution >= 0.6 is 0 Å². The molecule has 198 valence electrons. The second kappa shape index (κ2) is 11.6. The number of nitrogens with zero attached hydrogens (tertiary/aromatic N) is 3. The molecule has 2 heterocycles. The fraction of sp³-hybridized carbons (Fsp3) is 0.379. The first-order chi connectivity index (χ1) is 18.5. The molecule has 1 aliphatic carbocycles. The number of carbonyl (C=O) groups is 2. The Hall–Kier alpha value is -3.98. The van der Waals surface area contributed by atoms with Gasteiger partial charge in [-0.3, -0.25) is 4.79 Å². The number of aromatic nitrogens is 2. The van der Waals surface area contributed by atoms with Crippen LogP contribution in [0.5, 0.6) is 11.5 Å². The summed E-state index contributed by atoms with van der Waals surface area (Å²) in [5.74, 6) is -0.0220. The third-order valence-electron chi connectivity index (χ3n) is 7.15. The first-order valence-corrected chi connectivity index (χ1v) is 12.9. The molecule has 0 unspecified atom stereocenters. The van der Waals surface area contributed by atoms with Crippen LogP contribution in [0.4, 0.5) is 0 Å². The van der Waals surface area contributed by atoms with E-state index >= 15 is 0 Å². The molecule has 1 aromatic heterocycles. The van der Waals surface area contributed by atoms with E-state index in [0.29, 0.717) is 22.9 Å². The van der Waals surface area contributed by atoms with Gasteiger partial charge in [0.1, 0.15) is 12.6 Å². The van der Waals surface area contributed by atoms with Crippen molar-refractivity contribution < 1.29 is 28.9 Å². The molecule has 2 aliphatic rings. The monoisotopic (exact) mass is 517 g/mol. The molecule has 2 atom stereocenters. The van der Waals surface area contributed by atoms with Gasteiger partial charge in [-0.25, -0.2) is 14.8 Å². The number of amides is 1. The van der Waals surface area contributed by atoms with E-state index in [1.54, 1.807) is 24.5 Å². The van der Waals surface area contributed by atoms with Gasteiger partial charge in [-0.05, 0) is 36.1 Å². The summed E-state index contributed by atoms with van der Waals surface area (Å²) in [6.45, 7) is 0.212. The Bertz CT molecular complexity index is 1260. The minimum absolute atomic E-state index is 0.0195. The standard InChI is InChI=1S/C29H31N3O6/c1-36-24-13-12-20-17-32(28(33)26(19-8-3-2-4-9-19)38-21-10-5-6-11-21)23(29(34)35)16-22(20)27(24)37-18-25-30-14-7-15-31-25/h2-4,7-9,12-15,21,23,26H,5-6,10-11,16-18H2,1H3,(H,34,35)/t23-,26-/m0/s1. The highest BCUT2D eigenvalue weighted by atomic mass is 16.5. The van der Waals surface area contributed by atoms with E-state index in [0.717, 1.165) is 36.8 Å². The second-order valence-corrected chi connectivity index (χ2v) is 9.55. The lowest BCUT2D eigenvalue weighted by Gasteiger charge is -2.37. The number of carbonyl (C=O) groups excluding carboxylic acids is 1. The van der Waals surface area contributed by atoms with Crippen molar-refractivity contribution in [3.63, 3.8) is 0 Å². The van der Waals surface area contributed by atoms with Crippen LogP contribution in [0.15, 0.2) is 60.9 Å². The Morgan fingerprint density at radius 2 is 1.79 bits per heavy atom. The van der Waals surface area contributed by atoms with Crippen molar-refractivity contribution in [2.24, 2.45) is 0 Å². The summed E-state index contributed by atoms with van der Waals surface area (Å²) >= 11 is 0.